The molecule has 0 bridgehead atoms. The molecule has 6 heteroatoms. The zero-order valence-corrected chi connectivity index (χ0v) is 11.2. The van der Waals surface area contributed by atoms with E-state index in [1.807, 2.05) is 31.2 Å². The molecule has 2 heterocycles. The minimum Gasteiger partial charge on any atom is -0.505 e. The van der Waals surface area contributed by atoms with Gasteiger partial charge in [-0.25, -0.2) is 0 Å². The van der Waals surface area contributed by atoms with Gasteiger partial charge in [-0.15, -0.1) is 0 Å². The summed E-state index contributed by atoms with van der Waals surface area (Å²) < 4.78 is 9.50. The van der Waals surface area contributed by atoms with Crippen molar-refractivity contribution in [2.24, 2.45) is 7.05 Å². The van der Waals surface area contributed by atoms with Crippen LogP contribution in [0.5, 0.6) is 5.75 Å². The largest absolute Gasteiger partial charge is 0.505 e. The highest BCUT2D eigenvalue weighted by molar-refractivity contribution is 7.00. The molecule has 3 rings (SSSR count). The van der Waals surface area contributed by atoms with Crippen molar-refractivity contribution < 1.29 is 5.11 Å². The molecule has 96 valence electrons. The van der Waals surface area contributed by atoms with Gasteiger partial charge in [0.15, 0.2) is 16.9 Å². The van der Waals surface area contributed by atoms with Crippen LogP contribution in [0, 0.1) is 6.92 Å². The number of aromatic nitrogens is 3. The molecule has 0 saturated carbocycles. The number of aryl methyl sites for hydroxylation is 2. The number of pyridine rings is 1. The second-order valence-electron chi connectivity index (χ2n) is 4.34. The maximum Gasteiger partial charge on any atom is 0.263 e. The molecule has 0 radical (unpaired) electrons. The van der Waals surface area contributed by atoms with Crippen LogP contribution in [0.3, 0.4) is 0 Å². The summed E-state index contributed by atoms with van der Waals surface area (Å²) in [4.78, 5) is 12.4. The quantitative estimate of drug-likeness (QED) is 0.737. The third-order valence-electron chi connectivity index (χ3n) is 3.18. The Morgan fingerprint density at radius 2 is 2.00 bits per heavy atom. The van der Waals surface area contributed by atoms with Gasteiger partial charge >= 0.3 is 0 Å². The Labute approximate surface area is 113 Å². The van der Waals surface area contributed by atoms with E-state index in [1.54, 1.807) is 7.05 Å². The van der Waals surface area contributed by atoms with Crippen molar-refractivity contribution in [1.29, 1.82) is 0 Å². The molecule has 0 aliphatic heterocycles. The highest BCUT2D eigenvalue weighted by Crippen LogP contribution is 2.33. The molecule has 2 aromatic heterocycles. The molecule has 0 aliphatic rings. The summed E-state index contributed by atoms with van der Waals surface area (Å²) in [5.74, 6) is -0.0962. The van der Waals surface area contributed by atoms with Crippen LogP contribution in [-0.4, -0.2) is 18.4 Å². The maximum absolute atomic E-state index is 12.4. The van der Waals surface area contributed by atoms with Gasteiger partial charge in [0.1, 0.15) is 0 Å². The Morgan fingerprint density at radius 3 is 2.74 bits per heavy atom. The Balaban J connectivity index is 2.49. The number of aromatic hydroxyl groups is 1. The maximum atomic E-state index is 12.4. The van der Waals surface area contributed by atoms with Crippen LogP contribution in [0.1, 0.15) is 5.56 Å². The van der Waals surface area contributed by atoms with Crippen LogP contribution in [-0.2, 0) is 7.05 Å². The van der Waals surface area contributed by atoms with Crippen LogP contribution in [0.4, 0.5) is 0 Å². The Hall–Kier alpha value is -2.21. The lowest BCUT2D eigenvalue weighted by Crippen LogP contribution is -2.19. The first-order chi connectivity index (χ1) is 9.11. The average molecular weight is 273 g/mol. The molecule has 1 N–H and O–H groups in total. The lowest BCUT2D eigenvalue weighted by molar-refractivity contribution is 0.480. The van der Waals surface area contributed by atoms with Gasteiger partial charge in [-0.3, -0.25) is 9.36 Å². The van der Waals surface area contributed by atoms with Gasteiger partial charge in [0.05, 0.1) is 17.3 Å². The zero-order chi connectivity index (χ0) is 13.6. The number of nitrogens with zero attached hydrogens (tertiary/aromatic N) is 3. The first-order valence-electron chi connectivity index (χ1n) is 5.71. The van der Waals surface area contributed by atoms with Gasteiger partial charge < -0.3 is 5.11 Å². The summed E-state index contributed by atoms with van der Waals surface area (Å²) in [5, 5.41) is 10.3. The van der Waals surface area contributed by atoms with Crippen LogP contribution in [0.25, 0.3) is 22.3 Å². The molecule has 0 saturated heterocycles. The van der Waals surface area contributed by atoms with Crippen molar-refractivity contribution in [3.63, 3.8) is 0 Å². The fourth-order valence-corrected chi connectivity index (χ4v) is 2.71. The van der Waals surface area contributed by atoms with Gasteiger partial charge in [0.25, 0.3) is 5.56 Å². The molecule has 0 spiro atoms. The van der Waals surface area contributed by atoms with E-state index in [1.165, 1.54) is 4.57 Å². The van der Waals surface area contributed by atoms with E-state index in [0.717, 1.165) is 22.9 Å². The van der Waals surface area contributed by atoms with Crippen LogP contribution in [0.2, 0.25) is 0 Å². The SMILES string of the molecule is Cc1ccccc1-c1c(O)c2nsnc2n(C)c1=O. The molecular formula is C13H11N3O2S. The highest BCUT2D eigenvalue weighted by Gasteiger charge is 2.19. The number of fused-ring (bicyclic) bond motifs is 1. The average Bonchev–Trinajstić information content (AvgIpc) is 2.88. The van der Waals surface area contributed by atoms with Gasteiger partial charge in [-0.1, -0.05) is 24.3 Å². The summed E-state index contributed by atoms with van der Waals surface area (Å²) in [6.07, 6.45) is 0. The van der Waals surface area contributed by atoms with Gasteiger partial charge in [-0.05, 0) is 18.1 Å². The van der Waals surface area contributed by atoms with Gasteiger partial charge in [-0.2, -0.15) is 8.75 Å². The normalized spacial score (nSPS) is 11.1. The second kappa shape index (κ2) is 4.17. The Morgan fingerprint density at radius 1 is 1.26 bits per heavy atom. The van der Waals surface area contributed by atoms with E-state index in [2.05, 4.69) is 8.75 Å². The highest BCUT2D eigenvalue weighted by atomic mass is 32.1. The molecule has 1 aromatic carbocycles. The molecule has 5 nitrogen and oxygen atoms in total. The second-order valence-corrected chi connectivity index (χ2v) is 4.87. The summed E-state index contributed by atoms with van der Waals surface area (Å²) in [7, 11) is 1.63. The minimum atomic E-state index is -0.271. The number of benzene rings is 1. The van der Waals surface area contributed by atoms with Gasteiger partial charge in [0, 0.05) is 7.05 Å². The monoisotopic (exact) mass is 273 g/mol. The summed E-state index contributed by atoms with van der Waals surface area (Å²) in [5.41, 5.74) is 2.43. The van der Waals surface area contributed by atoms with Crippen molar-refractivity contribution >= 4 is 22.9 Å². The fraction of sp³-hybridized carbons (Fsp3) is 0.154. The predicted octanol–water partition coefficient (Wildman–Crippen LogP) is 2.07. The smallest absolute Gasteiger partial charge is 0.263 e. The molecule has 3 aromatic rings. The number of rotatable bonds is 1. The third-order valence-corrected chi connectivity index (χ3v) is 3.70. The molecule has 0 fully saturated rings. The molecular weight excluding hydrogens is 262 g/mol. The van der Waals surface area contributed by atoms with Crippen molar-refractivity contribution in [3.8, 4) is 16.9 Å². The lowest BCUT2D eigenvalue weighted by Gasteiger charge is -2.09. The molecule has 0 unspecified atom stereocenters. The summed E-state index contributed by atoms with van der Waals surface area (Å²) >= 11 is 0.978. The van der Waals surface area contributed by atoms with Crippen molar-refractivity contribution in [1.82, 2.24) is 13.3 Å². The fourth-order valence-electron chi connectivity index (χ4n) is 2.13. The minimum absolute atomic E-state index is 0.0962. The first kappa shape index (κ1) is 11.9. The van der Waals surface area contributed by atoms with Gasteiger partial charge in [0.2, 0.25) is 0 Å². The van der Waals surface area contributed by atoms with E-state index < -0.39 is 0 Å². The van der Waals surface area contributed by atoms with E-state index in [4.69, 9.17) is 0 Å². The van der Waals surface area contributed by atoms with E-state index in [0.29, 0.717) is 11.2 Å². The lowest BCUT2D eigenvalue weighted by atomic mass is 10.0. The Kier molecular flexibility index (Phi) is 2.60. The van der Waals surface area contributed by atoms with Crippen molar-refractivity contribution in [3.05, 3.63) is 40.2 Å². The van der Waals surface area contributed by atoms with Crippen molar-refractivity contribution in [2.75, 3.05) is 0 Å². The van der Waals surface area contributed by atoms with Crippen LogP contribution in [0.15, 0.2) is 29.1 Å². The molecule has 0 atom stereocenters. The van der Waals surface area contributed by atoms with E-state index in [-0.39, 0.29) is 16.9 Å². The topological polar surface area (TPSA) is 68.0 Å². The first-order valence-corrected chi connectivity index (χ1v) is 6.44. The predicted molar refractivity (Wildman–Crippen MR) is 74.5 cm³/mol. The van der Waals surface area contributed by atoms with Crippen molar-refractivity contribution in [2.45, 2.75) is 6.92 Å². The third kappa shape index (κ3) is 1.64. The molecule has 19 heavy (non-hydrogen) atoms. The summed E-state index contributed by atoms with van der Waals surface area (Å²) in [6.45, 7) is 1.90. The van der Waals surface area contributed by atoms with Crippen LogP contribution >= 0.6 is 11.7 Å². The number of hydrogen-bond acceptors (Lipinski definition) is 5. The van der Waals surface area contributed by atoms with E-state index in [9.17, 15) is 9.90 Å². The van der Waals surface area contributed by atoms with E-state index >= 15 is 0 Å². The standard InChI is InChI=1S/C13H11N3O2S/c1-7-5-3-4-6-8(7)9-11(17)10-12(15-19-14-10)16(2)13(9)18/h3-6,17H,1-2H3. The Bertz CT molecular complexity index is 836. The summed E-state index contributed by atoms with van der Waals surface area (Å²) in [6, 6.07) is 7.45. The molecule has 0 aliphatic carbocycles. The number of hydrogen-bond donors (Lipinski definition) is 1. The zero-order valence-electron chi connectivity index (χ0n) is 10.4. The molecule has 0 amide bonds. The van der Waals surface area contributed by atoms with Crippen LogP contribution < -0.4 is 5.56 Å².